The standard InChI is InChI=1S/C27H25N5O3/c1-27(2,3)35-25(33)16-32-24(13-12-23-29-20-10-6-7-11-21(20)30-23)31-22(26(32)34)14-17-15-28-19-9-5-4-8-18(17)19/h4-15,28H,16H2,1-3H3,(H,29,30)/b13-12+,22-14-. The largest absolute Gasteiger partial charge is 0.459 e. The van der Waals surface area contributed by atoms with Crippen LogP contribution in [0.4, 0.5) is 0 Å². The Morgan fingerprint density at radius 3 is 2.57 bits per heavy atom. The smallest absolute Gasteiger partial charge is 0.326 e. The van der Waals surface area contributed by atoms with E-state index in [2.05, 4.69) is 19.9 Å². The number of para-hydroxylation sites is 3. The van der Waals surface area contributed by atoms with E-state index < -0.39 is 11.6 Å². The zero-order valence-electron chi connectivity index (χ0n) is 19.7. The minimum absolute atomic E-state index is 0.238. The normalized spacial score (nSPS) is 15.6. The minimum Gasteiger partial charge on any atom is -0.459 e. The molecule has 0 bridgehead atoms. The molecule has 1 amide bonds. The Morgan fingerprint density at radius 1 is 1.06 bits per heavy atom. The van der Waals surface area contributed by atoms with E-state index >= 15 is 0 Å². The highest BCUT2D eigenvalue weighted by Crippen LogP contribution is 2.25. The maximum absolute atomic E-state index is 13.3. The second-order valence-electron chi connectivity index (χ2n) is 9.24. The van der Waals surface area contributed by atoms with E-state index in [0.717, 1.165) is 27.5 Å². The molecule has 0 aliphatic carbocycles. The summed E-state index contributed by atoms with van der Waals surface area (Å²) in [5, 5.41) is 0.980. The van der Waals surface area contributed by atoms with Crippen LogP contribution in [0, 0.1) is 0 Å². The topological polar surface area (TPSA) is 103 Å². The van der Waals surface area contributed by atoms with Crippen LogP contribution in [0.5, 0.6) is 0 Å². The number of H-pyrrole nitrogens is 2. The predicted octanol–water partition coefficient (Wildman–Crippen LogP) is 4.68. The zero-order valence-corrected chi connectivity index (χ0v) is 19.7. The highest BCUT2D eigenvalue weighted by atomic mass is 16.6. The molecule has 8 heteroatoms. The number of benzene rings is 2. The number of hydrogen-bond acceptors (Lipinski definition) is 5. The van der Waals surface area contributed by atoms with Crippen LogP contribution in [0.3, 0.4) is 0 Å². The highest BCUT2D eigenvalue weighted by Gasteiger charge is 2.32. The first-order valence-electron chi connectivity index (χ1n) is 11.3. The molecule has 2 aromatic heterocycles. The van der Waals surface area contributed by atoms with Gasteiger partial charge >= 0.3 is 5.97 Å². The van der Waals surface area contributed by atoms with Gasteiger partial charge in [0.15, 0.2) is 0 Å². The van der Waals surface area contributed by atoms with Gasteiger partial charge in [0.2, 0.25) is 0 Å². The lowest BCUT2D eigenvalue weighted by Gasteiger charge is -2.22. The van der Waals surface area contributed by atoms with Gasteiger partial charge in [-0.2, -0.15) is 0 Å². The van der Waals surface area contributed by atoms with Crippen LogP contribution in [0.25, 0.3) is 34.1 Å². The molecule has 4 aromatic rings. The number of fused-ring (bicyclic) bond motifs is 2. The fourth-order valence-electron chi connectivity index (χ4n) is 3.92. The van der Waals surface area contributed by atoms with Crippen LogP contribution in [0.1, 0.15) is 32.2 Å². The molecule has 0 radical (unpaired) electrons. The lowest BCUT2D eigenvalue weighted by atomic mass is 10.1. The molecule has 1 aliphatic heterocycles. The third kappa shape index (κ3) is 4.77. The van der Waals surface area contributed by atoms with E-state index in [1.165, 1.54) is 4.90 Å². The number of ether oxygens (including phenoxy) is 1. The third-order valence-corrected chi connectivity index (χ3v) is 5.39. The maximum atomic E-state index is 13.3. The van der Waals surface area contributed by atoms with Gasteiger partial charge in [0.25, 0.3) is 5.91 Å². The molecular weight excluding hydrogens is 442 g/mol. The van der Waals surface area contributed by atoms with Gasteiger partial charge < -0.3 is 14.7 Å². The summed E-state index contributed by atoms with van der Waals surface area (Å²) in [5.41, 5.74) is 3.12. The van der Waals surface area contributed by atoms with E-state index in [0.29, 0.717) is 11.7 Å². The number of amidine groups is 1. The van der Waals surface area contributed by atoms with Gasteiger partial charge in [-0.25, -0.2) is 9.98 Å². The molecule has 176 valence electrons. The Morgan fingerprint density at radius 2 is 1.80 bits per heavy atom. The van der Waals surface area contributed by atoms with Crippen LogP contribution >= 0.6 is 0 Å². The van der Waals surface area contributed by atoms with E-state index in [9.17, 15) is 9.59 Å². The van der Waals surface area contributed by atoms with Crippen molar-refractivity contribution in [2.75, 3.05) is 6.54 Å². The summed E-state index contributed by atoms with van der Waals surface area (Å²) >= 11 is 0. The number of aliphatic imine (C=N–C) groups is 1. The SMILES string of the molecule is CC(C)(C)OC(=O)CN1C(=O)/C(=C/c2c[nH]c3ccccc23)N=C1/C=C/c1nc2ccccc2[nH]1. The van der Waals surface area contributed by atoms with E-state index in [1.807, 2.05) is 54.7 Å². The maximum Gasteiger partial charge on any atom is 0.326 e. The van der Waals surface area contributed by atoms with Crippen molar-refractivity contribution in [2.24, 2.45) is 4.99 Å². The molecule has 0 atom stereocenters. The molecule has 0 unspecified atom stereocenters. The second kappa shape index (κ2) is 8.72. The number of carbonyl (C=O) groups excluding carboxylic acids is 2. The summed E-state index contributed by atoms with van der Waals surface area (Å²) in [6.45, 7) is 5.12. The Hall–Kier alpha value is -4.46. The van der Waals surface area contributed by atoms with Crippen LogP contribution in [-0.2, 0) is 14.3 Å². The van der Waals surface area contributed by atoms with Crippen molar-refractivity contribution < 1.29 is 14.3 Å². The van der Waals surface area contributed by atoms with Crippen molar-refractivity contribution >= 4 is 51.8 Å². The number of rotatable bonds is 5. The lowest BCUT2D eigenvalue weighted by Crippen LogP contribution is -2.39. The molecular formula is C27H25N5O3. The number of nitrogens with zero attached hydrogens (tertiary/aromatic N) is 3. The first-order chi connectivity index (χ1) is 16.8. The van der Waals surface area contributed by atoms with Gasteiger partial charge in [-0.15, -0.1) is 0 Å². The van der Waals surface area contributed by atoms with Crippen LogP contribution in [0.2, 0.25) is 0 Å². The number of imidazole rings is 1. The first kappa shape index (κ1) is 22.3. The molecule has 8 nitrogen and oxygen atoms in total. The monoisotopic (exact) mass is 467 g/mol. The Balaban J connectivity index is 1.48. The van der Waals surface area contributed by atoms with Gasteiger partial charge in [0, 0.05) is 22.7 Å². The summed E-state index contributed by atoms with van der Waals surface area (Å²) in [7, 11) is 0. The lowest BCUT2D eigenvalue weighted by molar-refractivity contribution is -0.156. The van der Waals surface area contributed by atoms with Crippen LogP contribution < -0.4 is 0 Å². The molecule has 1 aliphatic rings. The Bertz CT molecular complexity index is 1500. The van der Waals surface area contributed by atoms with Gasteiger partial charge in [0.05, 0.1) is 11.0 Å². The van der Waals surface area contributed by atoms with Crippen molar-refractivity contribution in [1.82, 2.24) is 19.9 Å². The molecule has 0 spiro atoms. The summed E-state index contributed by atoms with van der Waals surface area (Å²) in [6, 6.07) is 15.5. The van der Waals surface area contributed by atoms with Crippen molar-refractivity contribution in [3.8, 4) is 0 Å². The number of esters is 1. The molecule has 35 heavy (non-hydrogen) atoms. The third-order valence-electron chi connectivity index (χ3n) is 5.39. The van der Waals surface area contributed by atoms with Crippen LogP contribution in [-0.4, -0.2) is 49.7 Å². The minimum atomic E-state index is -0.663. The average Bonchev–Trinajstić information content (AvgIpc) is 3.48. The number of amides is 1. The summed E-state index contributed by atoms with van der Waals surface area (Å²) in [6.07, 6.45) is 6.98. The molecule has 0 saturated heterocycles. The summed E-state index contributed by atoms with van der Waals surface area (Å²) in [5.74, 6) is 0.0782. The highest BCUT2D eigenvalue weighted by molar-refractivity contribution is 6.20. The number of aromatic amines is 2. The van der Waals surface area contributed by atoms with Crippen molar-refractivity contribution in [3.63, 3.8) is 0 Å². The first-order valence-corrected chi connectivity index (χ1v) is 11.3. The van der Waals surface area contributed by atoms with Crippen molar-refractivity contribution in [3.05, 3.63) is 77.9 Å². The summed E-state index contributed by atoms with van der Waals surface area (Å²) in [4.78, 5) is 42.7. The predicted molar refractivity (Wildman–Crippen MR) is 136 cm³/mol. The zero-order chi connectivity index (χ0) is 24.6. The van der Waals surface area contributed by atoms with Gasteiger partial charge in [-0.3, -0.25) is 14.5 Å². The van der Waals surface area contributed by atoms with E-state index in [1.54, 1.807) is 39.0 Å². The van der Waals surface area contributed by atoms with E-state index in [4.69, 9.17) is 4.74 Å². The number of aromatic nitrogens is 3. The molecule has 2 N–H and O–H groups in total. The number of carbonyl (C=O) groups is 2. The molecule has 0 saturated carbocycles. The number of hydrogen-bond donors (Lipinski definition) is 2. The molecule has 3 heterocycles. The van der Waals surface area contributed by atoms with Crippen molar-refractivity contribution in [2.45, 2.75) is 26.4 Å². The Kier molecular flexibility index (Phi) is 5.56. The van der Waals surface area contributed by atoms with Crippen LogP contribution in [0.15, 0.2) is 71.5 Å². The quantitative estimate of drug-likeness (QED) is 0.328. The molecule has 0 fully saturated rings. The number of nitrogens with one attached hydrogen (secondary N) is 2. The fraction of sp³-hybridized carbons (Fsp3) is 0.185. The summed E-state index contributed by atoms with van der Waals surface area (Å²) < 4.78 is 5.44. The second-order valence-corrected chi connectivity index (χ2v) is 9.24. The average molecular weight is 468 g/mol. The van der Waals surface area contributed by atoms with Gasteiger partial charge in [-0.05, 0) is 57.2 Å². The van der Waals surface area contributed by atoms with Gasteiger partial charge in [-0.1, -0.05) is 30.3 Å². The molecule has 2 aromatic carbocycles. The fourth-order valence-corrected chi connectivity index (χ4v) is 3.92. The van der Waals surface area contributed by atoms with Crippen molar-refractivity contribution in [1.29, 1.82) is 0 Å². The Labute approximate surface area is 202 Å². The van der Waals surface area contributed by atoms with E-state index in [-0.39, 0.29) is 18.1 Å². The van der Waals surface area contributed by atoms with Gasteiger partial charge in [0.1, 0.15) is 29.5 Å². The molecule has 5 rings (SSSR count).